The van der Waals surface area contributed by atoms with Crippen molar-refractivity contribution in [3.8, 4) is 23.1 Å². The Balaban J connectivity index is 1.57. The molecule has 2 aromatic carbocycles. The Bertz CT molecular complexity index is 1300. The van der Waals surface area contributed by atoms with Crippen molar-refractivity contribution in [3.63, 3.8) is 0 Å². The van der Waals surface area contributed by atoms with Gasteiger partial charge in [-0.25, -0.2) is 0 Å². The molecule has 36 heavy (non-hydrogen) atoms. The van der Waals surface area contributed by atoms with E-state index in [1.165, 1.54) is 18.8 Å². The minimum absolute atomic E-state index is 0.0110. The first-order valence-electron chi connectivity index (χ1n) is 12.0. The van der Waals surface area contributed by atoms with Crippen LogP contribution in [0.3, 0.4) is 0 Å². The maximum absolute atomic E-state index is 13.9. The number of aromatic nitrogens is 2. The van der Waals surface area contributed by atoms with Gasteiger partial charge in [-0.3, -0.25) is 14.2 Å². The Kier molecular flexibility index (Phi) is 6.65. The molecule has 9 nitrogen and oxygen atoms in total. The second kappa shape index (κ2) is 10.0. The minimum atomic E-state index is -0.701. The SMILES string of the molecule is COc1cccc(OC)c1-n1c(COC2CC2)nc(O)c(C(=O)N2CC[C@H](c3ccccc3)C2)c1=O. The van der Waals surface area contributed by atoms with Gasteiger partial charge in [0.25, 0.3) is 11.5 Å². The number of aromatic hydroxyl groups is 1. The number of methoxy groups -OCH3 is 2. The van der Waals surface area contributed by atoms with Crippen LogP contribution in [0.1, 0.15) is 46.9 Å². The zero-order valence-corrected chi connectivity index (χ0v) is 20.3. The maximum Gasteiger partial charge on any atom is 0.275 e. The number of para-hydroxylation sites is 1. The molecule has 188 valence electrons. The number of carbonyl (C=O) groups excluding carboxylic acids is 1. The molecule has 1 aliphatic heterocycles. The van der Waals surface area contributed by atoms with Crippen molar-refractivity contribution in [2.24, 2.45) is 0 Å². The quantitative estimate of drug-likeness (QED) is 0.516. The van der Waals surface area contributed by atoms with Crippen molar-refractivity contribution in [1.29, 1.82) is 0 Å². The molecule has 1 N–H and O–H groups in total. The van der Waals surface area contributed by atoms with Gasteiger partial charge in [0.15, 0.2) is 5.56 Å². The third-order valence-corrected chi connectivity index (χ3v) is 6.69. The molecule has 1 saturated carbocycles. The van der Waals surface area contributed by atoms with Gasteiger partial charge in [0.2, 0.25) is 5.88 Å². The second-order valence-corrected chi connectivity index (χ2v) is 9.04. The number of hydrogen-bond donors (Lipinski definition) is 1. The van der Waals surface area contributed by atoms with Gasteiger partial charge in [-0.1, -0.05) is 36.4 Å². The average molecular weight is 492 g/mol. The van der Waals surface area contributed by atoms with Gasteiger partial charge in [-0.05, 0) is 37.0 Å². The molecule has 0 bridgehead atoms. The number of benzene rings is 2. The van der Waals surface area contributed by atoms with Gasteiger partial charge in [0.1, 0.15) is 29.6 Å². The van der Waals surface area contributed by atoms with Crippen LogP contribution in [-0.4, -0.2) is 58.9 Å². The lowest BCUT2D eigenvalue weighted by molar-refractivity contribution is 0.0781. The van der Waals surface area contributed by atoms with E-state index in [4.69, 9.17) is 14.2 Å². The third kappa shape index (κ3) is 4.54. The zero-order valence-electron chi connectivity index (χ0n) is 20.3. The van der Waals surface area contributed by atoms with E-state index < -0.39 is 17.3 Å². The van der Waals surface area contributed by atoms with Crippen LogP contribution >= 0.6 is 0 Å². The summed E-state index contributed by atoms with van der Waals surface area (Å²) in [6, 6.07) is 15.1. The average Bonchev–Trinajstić information content (AvgIpc) is 3.60. The molecule has 1 aromatic heterocycles. The zero-order chi connectivity index (χ0) is 25.2. The van der Waals surface area contributed by atoms with Crippen LogP contribution in [0.15, 0.2) is 53.3 Å². The summed E-state index contributed by atoms with van der Waals surface area (Å²) in [5, 5.41) is 10.8. The fraction of sp³-hybridized carbons (Fsp3) is 0.370. The monoisotopic (exact) mass is 491 g/mol. The Hall–Kier alpha value is -3.85. The number of hydrogen-bond acceptors (Lipinski definition) is 7. The van der Waals surface area contributed by atoms with E-state index in [2.05, 4.69) is 4.98 Å². The molecular weight excluding hydrogens is 462 g/mol. The number of amides is 1. The van der Waals surface area contributed by atoms with Crippen LogP contribution in [0.25, 0.3) is 5.69 Å². The highest BCUT2D eigenvalue weighted by atomic mass is 16.5. The molecule has 2 fully saturated rings. The van der Waals surface area contributed by atoms with Crippen LogP contribution in [0.5, 0.6) is 17.4 Å². The Morgan fingerprint density at radius 2 is 1.72 bits per heavy atom. The molecule has 1 saturated heterocycles. The van der Waals surface area contributed by atoms with Gasteiger partial charge in [0.05, 0.1) is 20.3 Å². The highest BCUT2D eigenvalue weighted by Gasteiger charge is 2.34. The van der Waals surface area contributed by atoms with E-state index in [1.807, 2.05) is 30.3 Å². The van der Waals surface area contributed by atoms with Crippen LogP contribution in [0.2, 0.25) is 0 Å². The van der Waals surface area contributed by atoms with Crippen molar-refractivity contribution in [2.45, 2.75) is 37.9 Å². The summed E-state index contributed by atoms with van der Waals surface area (Å²) in [7, 11) is 2.97. The van der Waals surface area contributed by atoms with Crippen molar-refractivity contribution in [2.75, 3.05) is 27.3 Å². The van der Waals surface area contributed by atoms with Crippen molar-refractivity contribution < 1.29 is 24.1 Å². The van der Waals surface area contributed by atoms with E-state index >= 15 is 0 Å². The number of rotatable bonds is 8. The van der Waals surface area contributed by atoms with Crippen LogP contribution in [0, 0.1) is 0 Å². The smallest absolute Gasteiger partial charge is 0.275 e. The van der Waals surface area contributed by atoms with Gasteiger partial charge < -0.3 is 24.2 Å². The largest absolute Gasteiger partial charge is 0.494 e. The van der Waals surface area contributed by atoms with Gasteiger partial charge in [0, 0.05) is 19.0 Å². The second-order valence-electron chi connectivity index (χ2n) is 9.04. The van der Waals surface area contributed by atoms with Crippen molar-refractivity contribution in [1.82, 2.24) is 14.5 Å². The van der Waals surface area contributed by atoms with Crippen LogP contribution in [0.4, 0.5) is 0 Å². The first kappa shape index (κ1) is 23.9. The molecule has 2 heterocycles. The lowest BCUT2D eigenvalue weighted by Crippen LogP contribution is -2.37. The molecule has 1 aliphatic carbocycles. The van der Waals surface area contributed by atoms with E-state index in [1.54, 1.807) is 23.1 Å². The molecule has 3 aromatic rings. The molecule has 0 spiro atoms. The molecule has 1 atom stereocenters. The Morgan fingerprint density at radius 1 is 1.03 bits per heavy atom. The molecule has 2 aliphatic rings. The van der Waals surface area contributed by atoms with Crippen LogP contribution in [-0.2, 0) is 11.3 Å². The highest BCUT2D eigenvalue weighted by molar-refractivity contribution is 5.96. The summed E-state index contributed by atoms with van der Waals surface area (Å²) in [5.41, 5.74) is 0.352. The summed E-state index contributed by atoms with van der Waals surface area (Å²) in [4.78, 5) is 33.3. The van der Waals surface area contributed by atoms with Crippen molar-refractivity contribution >= 4 is 5.91 Å². The topological polar surface area (TPSA) is 103 Å². The molecule has 5 rings (SSSR count). The van der Waals surface area contributed by atoms with Gasteiger partial charge in [-0.15, -0.1) is 0 Å². The lowest BCUT2D eigenvalue weighted by atomic mass is 9.99. The number of likely N-dealkylation sites (tertiary alicyclic amines) is 1. The minimum Gasteiger partial charge on any atom is -0.494 e. The van der Waals surface area contributed by atoms with Gasteiger partial charge in [-0.2, -0.15) is 4.98 Å². The fourth-order valence-electron chi connectivity index (χ4n) is 4.65. The predicted molar refractivity (Wildman–Crippen MR) is 132 cm³/mol. The molecule has 1 amide bonds. The first-order valence-corrected chi connectivity index (χ1v) is 12.0. The molecule has 9 heteroatoms. The number of nitrogens with zero attached hydrogens (tertiary/aromatic N) is 3. The molecule has 0 radical (unpaired) electrons. The number of ether oxygens (including phenoxy) is 3. The lowest BCUT2D eigenvalue weighted by Gasteiger charge is -2.21. The summed E-state index contributed by atoms with van der Waals surface area (Å²) in [6.07, 6.45) is 2.73. The predicted octanol–water partition coefficient (Wildman–Crippen LogP) is 3.26. The van der Waals surface area contributed by atoms with Crippen LogP contribution < -0.4 is 15.0 Å². The fourth-order valence-corrected chi connectivity index (χ4v) is 4.65. The Labute approximate surface area is 208 Å². The molecular formula is C27H29N3O6. The van der Waals surface area contributed by atoms with E-state index in [0.29, 0.717) is 30.3 Å². The first-order chi connectivity index (χ1) is 17.5. The highest BCUT2D eigenvalue weighted by Crippen LogP contribution is 2.34. The summed E-state index contributed by atoms with van der Waals surface area (Å²) >= 11 is 0. The Morgan fingerprint density at radius 3 is 2.36 bits per heavy atom. The normalized spacial score (nSPS) is 17.3. The van der Waals surface area contributed by atoms with Gasteiger partial charge >= 0.3 is 0 Å². The standard InChI is InChI=1S/C27H29N3O6/c1-34-20-9-6-10-21(35-2)24(20)30-22(16-36-19-11-12-19)28-25(31)23(27(30)33)26(32)29-14-13-18(15-29)17-7-4-3-5-8-17/h3-10,18-19,31H,11-16H2,1-2H3/t18-/m0/s1. The summed E-state index contributed by atoms with van der Waals surface area (Å²) in [5.74, 6) is -0.116. The molecule has 0 unspecified atom stereocenters. The van der Waals surface area contributed by atoms with Crippen molar-refractivity contribution in [3.05, 3.63) is 75.8 Å². The van der Waals surface area contributed by atoms with E-state index in [0.717, 1.165) is 24.8 Å². The summed E-state index contributed by atoms with van der Waals surface area (Å²) in [6.45, 7) is 0.914. The van der Waals surface area contributed by atoms with E-state index in [9.17, 15) is 14.7 Å². The number of carbonyl (C=O) groups is 1. The third-order valence-electron chi connectivity index (χ3n) is 6.69. The maximum atomic E-state index is 13.9. The summed E-state index contributed by atoms with van der Waals surface area (Å²) < 4.78 is 18.1. The van der Waals surface area contributed by atoms with E-state index in [-0.39, 0.29) is 30.0 Å².